The van der Waals surface area contributed by atoms with Crippen LogP contribution in [-0.4, -0.2) is 28.8 Å². The molecule has 3 rings (SSSR count). The Balaban J connectivity index is 1.84. The van der Waals surface area contributed by atoms with Crippen LogP contribution in [0.15, 0.2) is 58.4 Å². The van der Waals surface area contributed by atoms with E-state index in [0.717, 1.165) is 15.6 Å². The summed E-state index contributed by atoms with van der Waals surface area (Å²) in [6.07, 6.45) is 3.47. The van der Waals surface area contributed by atoms with Crippen LogP contribution in [0.25, 0.3) is 6.08 Å². The summed E-state index contributed by atoms with van der Waals surface area (Å²) in [7, 11) is 1.59. The number of carbonyl (C=O) groups excluding carboxylic acids is 1. The highest BCUT2D eigenvalue weighted by atomic mass is 79.9. The second-order valence-electron chi connectivity index (χ2n) is 6.39. The number of halogens is 1. The number of amides is 1. The Kier molecular flexibility index (Phi) is 7.16. The molecule has 0 atom stereocenters. The van der Waals surface area contributed by atoms with Crippen molar-refractivity contribution in [2.24, 2.45) is 0 Å². The van der Waals surface area contributed by atoms with Crippen molar-refractivity contribution in [1.29, 1.82) is 0 Å². The Morgan fingerprint density at radius 3 is 2.79 bits per heavy atom. The summed E-state index contributed by atoms with van der Waals surface area (Å²) in [6, 6.07) is 11.9. The Labute approximate surface area is 188 Å². The molecule has 1 aliphatic heterocycles. The van der Waals surface area contributed by atoms with E-state index in [9.17, 15) is 4.79 Å². The SMILES string of the molecule is C=CCN1C(=O)C(=Cc2cc(Br)c(OCc3cccc(C)c3)c(OC)c2)SC1=S. The van der Waals surface area contributed by atoms with E-state index in [1.54, 1.807) is 19.3 Å². The van der Waals surface area contributed by atoms with Crippen LogP contribution in [-0.2, 0) is 11.4 Å². The normalized spacial score (nSPS) is 15.1. The molecule has 0 aromatic heterocycles. The number of methoxy groups -OCH3 is 1. The van der Waals surface area contributed by atoms with Gasteiger partial charge in [-0.1, -0.05) is 59.9 Å². The number of hydrogen-bond acceptors (Lipinski definition) is 5. The summed E-state index contributed by atoms with van der Waals surface area (Å²) in [5.74, 6) is 1.08. The van der Waals surface area contributed by atoms with Crippen molar-refractivity contribution in [3.05, 3.63) is 75.1 Å². The van der Waals surface area contributed by atoms with Crippen molar-refractivity contribution >= 4 is 56.2 Å². The first-order chi connectivity index (χ1) is 13.9. The van der Waals surface area contributed by atoms with Gasteiger partial charge in [0.05, 0.1) is 16.5 Å². The van der Waals surface area contributed by atoms with Gasteiger partial charge >= 0.3 is 0 Å². The molecular formula is C22H20BrNO3S2. The molecule has 0 radical (unpaired) electrons. The average Bonchev–Trinajstić information content (AvgIpc) is 2.94. The Morgan fingerprint density at radius 2 is 2.10 bits per heavy atom. The van der Waals surface area contributed by atoms with Gasteiger partial charge in [-0.3, -0.25) is 9.69 Å². The number of rotatable bonds is 7. The van der Waals surface area contributed by atoms with Crippen LogP contribution in [0, 0.1) is 6.92 Å². The van der Waals surface area contributed by atoms with E-state index < -0.39 is 0 Å². The molecule has 150 valence electrons. The predicted octanol–water partition coefficient (Wildman–Crippen LogP) is 5.73. The van der Waals surface area contributed by atoms with Crippen molar-refractivity contribution in [2.45, 2.75) is 13.5 Å². The minimum absolute atomic E-state index is 0.116. The monoisotopic (exact) mass is 489 g/mol. The lowest BCUT2D eigenvalue weighted by Crippen LogP contribution is -2.27. The largest absolute Gasteiger partial charge is 0.493 e. The number of carbonyl (C=O) groups is 1. The molecule has 0 bridgehead atoms. The summed E-state index contributed by atoms with van der Waals surface area (Å²) >= 11 is 10.1. The number of nitrogens with zero attached hydrogens (tertiary/aromatic N) is 1. The van der Waals surface area contributed by atoms with Crippen molar-refractivity contribution in [3.63, 3.8) is 0 Å². The summed E-state index contributed by atoms with van der Waals surface area (Å²) in [4.78, 5) is 14.6. The lowest BCUT2D eigenvalue weighted by Gasteiger charge is -2.14. The van der Waals surface area contributed by atoms with Gasteiger partial charge in [-0.25, -0.2) is 0 Å². The van der Waals surface area contributed by atoms with E-state index in [0.29, 0.717) is 33.9 Å². The zero-order valence-corrected chi connectivity index (χ0v) is 19.3. The molecule has 1 fully saturated rings. The molecule has 4 nitrogen and oxygen atoms in total. The molecule has 0 saturated carbocycles. The lowest BCUT2D eigenvalue weighted by atomic mass is 10.1. The maximum atomic E-state index is 12.5. The van der Waals surface area contributed by atoms with E-state index in [1.165, 1.54) is 22.2 Å². The third kappa shape index (κ3) is 5.10. The van der Waals surface area contributed by atoms with Crippen LogP contribution >= 0.6 is 39.9 Å². The number of benzene rings is 2. The van der Waals surface area contributed by atoms with Crippen molar-refractivity contribution in [1.82, 2.24) is 4.90 Å². The first-order valence-electron chi connectivity index (χ1n) is 8.85. The minimum Gasteiger partial charge on any atom is -0.493 e. The molecule has 1 saturated heterocycles. The molecule has 29 heavy (non-hydrogen) atoms. The number of aryl methyl sites for hydroxylation is 1. The highest BCUT2D eigenvalue weighted by Crippen LogP contribution is 2.39. The van der Waals surface area contributed by atoms with E-state index in [2.05, 4.69) is 28.6 Å². The second kappa shape index (κ2) is 9.61. The van der Waals surface area contributed by atoms with Gasteiger partial charge in [0.2, 0.25) is 0 Å². The van der Waals surface area contributed by atoms with Crippen LogP contribution < -0.4 is 9.47 Å². The summed E-state index contributed by atoms with van der Waals surface area (Å²) in [6.45, 7) is 6.55. The fraction of sp³-hybridized carbons (Fsp3) is 0.182. The zero-order valence-electron chi connectivity index (χ0n) is 16.1. The molecule has 2 aromatic carbocycles. The van der Waals surface area contributed by atoms with E-state index >= 15 is 0 Å². The van der Waals surface area contributed by atoms with Crippen molar-refractivity contribution < 1.29 is 14.3 Å². The maximum Gasteiger partial charge on any atom is 0.266 e. The topological polar surface area (TPSA) is 38.8 Å². The highest BCUT2D eigenvalue weighted by Gasteiger charge is 2.31. The fourth-order valence-corrected chi connectivity index (χ4v) is 4.71. The summed E-state index contributed by atoms with van der Waals surface area (Å²) < 4.78 is 12.8. The van der Waals surface area contributed by atoms with Crippen LogP contribution in [0.2, 0.25) is 0 Å². The molecule has 1 amide bonds. The molecule has 7 heteroatoms. The molecule has 1 aliphatic rings. The number of thioether (sulfide) groups is 1. The first-order valence-corrected chi connectivity index (χ1v) is 10.9. The van der Waals surface area contributed by atoms with Gasteiger partial charge in [0.25, 0.3) is 5.91 Å². The Morgan fingerprint density at radius 1 is 1.31 bits per heavy atom. The van der Waals surface area contributed by atoms with Crippen molar-refractivity contribution in [3.8, 4) is 11.5 Å². The van der Waals surface area contributed by atoms with E-state index in [1.807, 2.05) is 37.3 Å². The van der Waals surface area contributed by atoms with Crippen molar-refractivity contribution in [2.75, 3.05) is 13.7 Å². The molecule has 0 aliphatic carbocycles. The van der Waals surface area contributed by atoms with E-state index in [4.69, 9.17) is 21.7 Å². The smallest absolute Gasteiger partial charge is 0.266 e. The molecule has 2 aromatic rings. The molecule has 0 N–H and O–H groups in total. The van der Waals surface area contributed by atoms with Crippen LogP contribution in [0.4, 0.5) is 0 Å². The first kappa shape index (κ1) is 21.6. The van der Waals surface area contributed by atoms with Gasteiger partial charge in [-0.2, -0.15) is 0 Å². The zero-order chi connectivity index (χ0) is 21.0. The second-order valence-corrected chi connectivity index (χ2v) is 8.92. The number of hydrogen-bond donors (Lipinski definition) is 0. The van der Waals surface area contributed by atoms with Gasteiger partial charge in [-0.15, -0.1) is 6.58 Å². The summed E-state index contributed by atoms with van der Waals surface area (Å²) in [5.41, 5.74) is 3.07. The van der Waals surface area contributed by atoms with Crippen LogP contribution in [0.3, 0.4) is 0 Å². The average molecular weight is 490 g/mol. The lowest BCUT2D eigenvalue weighted by molar-refractivity contribution is -0.121. The minimum atomic E-state index is -0.116. The number of ether oxygens (including phenoxy) is 2. The standard InChI is InChI=1S/C22H20BrNO3S2/c1-4-8-24-21(25)19(29-22(24)28)12-16-10-17(23)20(18(11-16)26-3)27-13-15-7-5-6-14(2)9-15/h4-7,9-12H,1,8,13H2,2-3H3. The molecule has 1 heterocycles. The third-order valence-corrected chi connectivity index (χ3v) is 6.17. The molecule has 0 spiro atoms. The van der Waals surface area contributed by atoms with Gasteiger partial charge in [0.15, 0.2) is 11.5 Å². The quantitative estimate of drug-likeness (QED) is 0.282. The maximum absolute atomic E-state index is 12.5. The predicted molar refractivity (Wildman–Crippen MR) is 126 cm³/mol. The Hall–Kier alpha value is -2.09. The van der Waals surface area contributed by atoms with Gasteiger partial charge in [-0.05, 0) is 52.2 Å². The fourth-order valence-electron chi connectivity index (χ4n) is 2.86. The number of thiocarbonyl (C=S) groups is 1. The van der Waals surface area contributed by atoms with Crippen LogP contribution in [0.1, 0.15) is 16.7 Å². The van der Waals surface area contributed by atoms with Crippen LogP contribution in [0.5, 0.6) is 11.5 Å². The highest BCUT2D eigenvalue weighted by molar-refractivity contribution is 9.10. The van der Waals surface area contributed by atoms with Gasteiger partial charge in [0, 0.05) is 6.54 Å². The van der Waals surface area contributed by atoms with E-state index in [-0.39, 0.29) is 5.91 Å². The molecular weight excluding hydrogens is 470 g/mol. The Bertz CT molecular complexity index is 1000. The van der Waals surface area contributed by atoms with Gasteiger partial charge < -0.3 is 9.47 Å². The summed E-state index contributed by atoms with van der Waals surface area (Å²) in [5, 5.41) is 0. The van der Waals surface area contributed by atoms with Gasteiger partial charge in [0.1, 0.15) is 10.9 Å². The third-order valence-electron chi connectivity index (χ3n) is 4.20. The molecule has 0 unspecified atom stereocenters.